The molecule has 0 saturated carbocycles. The van der Waals surface area contributed by atoms with Crippen molar-refractivity contribution in [3.05, 3.63) is 54.6 Å². The van der Waals surface area contributed by atoms with Gasteiger partial charge in [-0.1, -0.05) is 0 Å². The number of nitrogens with two attached hydrogens (primary N) is 1. The molecular formula is C13H10N4O. The van der Waals surface area contributed by atoms with Crippen molar-refractivity contribution in [2.45, 2.75) is 0 Å². The van der Waals surface area contributed by atoms with Crippen LogP contribution in [0.1, 0.15) is 10.4 Å². The normalized spacial score (nSPS) is 10.7. The Labute approximate surface area is 103 Å². The van der Waals surface area contributed by atoms with Gasteiger partial charge in [-0.25, -0.2) is 4.98 Å². The lowest BCUT2D eigenvalue weighted by atomic mass is 10.2. The molecule has 0 radical (unpaired) electrons. The molecule has 0 atom stereocenters. The zero-order valence-corrected chi connectivity index (χ0v) is 9.45. The Bertz CT molecular complexity index is 718. The van der Waals surface area contributed by atoms with E-state index in [0.717, 1.165) is 11.3 Å². The predicted molar refractivity (Wildman–Crippen MR) is 66.9 cm³/mol. The monoisotopic (exact) mass is 238 g/mol. The summed E-state index contributed by atoms with van der Waals surface area (Å²) in [4.78, 5) is 19.7. The average molecular weight is 238 g/mol. The van der Waals surface area contributed by atoms with Crippen molar-refractivity contribution in [1.29, 1.82) is 0 Å². The Morgan fingerprint density at radius 1 is 1.22 bits per heavy atom. The third kappa shape index (κ3) is 1.62. The minimum atomic E-state index is -0.479. The first kappa shape index (κ1) is 10.5. The van der Waals surface area contributed by atoms with Gasteiger partial charge in [-0.05, 0) is 24.3 Å². The summed E-state index contributed by atoms with van der Waals surface area (Å²) in [6, 6.07) is 7.17. The first-order chi connectivity index (χ1) is 8.75. The van der Waals surface area contributed by atoms with Gasteiger partial charge in [-0.3, -0.25) is 9.78 Å². The van der Waals surface area contributed by atoms with Crippen LogP contribution in [0.15, 0.2) is 49.1 Å². The molecule has 3 aromatic rings. The van der Waals surface area contributed by atoms with Crippen LogP contribution in [0.5, 0.6) is 0 Å². The van der Waals surface area contributed by atoms with Crippen LogP contribution in [0.25, 0.3) is 16.9 Å². The zero-order chi connectivity index (χ0) is 12.5. The molecule has 0 aliphatic rings. The number of aromatic nitrogens is 3. The first-order valence-electron chi connectivity index (χ1n) is 5.43. The molecule has 0 spiro atoms. The van der Waals surface area contributed by atoms with Gasteiger partial charge >= 0.3 is 0 Å². The quantitative estimate of drug-likeness (QED) is 0.735. The summed E-state index contributed by atoms with van der Waals surface area (Å²) in [6.45, 7) is 0. The van der Waals surface area contributed by atoms with E-state index in [1.807, 2.05) is 24.5 Å². The van der Waals surface area contributed by atoms with Gasteiger partial charge in [0.1, 0.15) is 5.65 Å². The molecular weight excluding hydrogens is 228 g/mol. The van der Waals surface area contributed by atoms with Crippen LogP contribution < -0.4 is 5.73 Å². The molecule has 2 N–H and O–H groups in total. The Morgan fingerprint density at radius 3 is 2.72 bits per heavy atom. The van der Waals surface area contributed by atoms with Gasteiger partial charge in [0, 0.05) is 30.4 Å². The van der Waals surface area contributed by atoms with Gasteiger partial charge in [0.25, 0.3) is 5.91 Å². The summed E-state index contributed by atoms with van der Waals surface area (Å²) in [5.74, 6) is -0.479. The van der Waals surface area contributed by atoms with Crippen LogP contribution in [0.3, 0.4) is 0 Å². The minimum absolute atomic E-state index is 0.415. The summed E-state index contributed by atoms with van der Waals surface area (Å²) < 4.78 is 1.79. The topological polar surface area (TPSA) is 73.3 Å². The van der Waals surface area contributed by atoms with Crippen molar-refractivity contribution in [3.63, 3.8) is 0 Å². The number of rotatable bonds is 2. The predicted octanol–water partition coefficient (Wildman–Crippen LogP) is 1.50. The summed E-state index contributed by atoms with van der Waals surface area (Å²) in [7, 11) is 0. The smallest absolute Gasteiger partial charge is 0.252 e. The SMILES string of the molecule is NC(=O)c1cccn2cc(-c3ccncc3)nc12. The second-order valence-corrected chi connectivity index (χ2v) is 3.88. The largest absolute Gasteiger partial charge is 0.365 e. The van der Waals surface area contributed by atoms with Crippen molar-refractivity contribution in [3.8, 4) is 11.3 Å². The zero-order valence-electron chi connectivity index (χ0n) is 9.45. The van der Waals surface area contributed by atoms with E-state index < -0.39 is 5.91 Å². The summed E-state index contributed by atoms with van der Waals surface area (Å²) in [5.41, 5.74) is 8.04. The number of hydrogen-bond donors (Lipinski definition) is 1. The summed E-state index contributed by atoms with van der Waals surface area (Å²) in [6.07, 6.45) is 7.10. The minimum Gasteiger partial charge on any atom is -0.365 e. The highest BCUT2D eigenvalue weighted by Crippen LogP contribution is 2.19. The van der Waals surface area contributed by atoms with E-state index in [-0.39, 0.29) is 0 Å². The number of primary amides is 1. The second kappa shape index (κ2) is 3.96. The lowest BCUT2D eigenvalue weighted by Crippen LogP contribution is -2.12. The maximum absolute atomic E-state index is 11.3. The van der Waals surface area contributed by atoms with Gasteiger partial charge in [0.15, 0.2) is 0 Å². The van der Waals surface area contributed by atoms with Crippen molar-refractivity contribution in [2.24, 2.45) is 5.73 Å². The standard InChI is InChI=1S/C13H10N4O/c14-12(18)10-2-1-7-17-8-11(16-13(10)17)9-3-5-15-6-4-9/h1-8H,(H2,14,18). The van der Waals surface area contributed by atoms with Crippen LogP contribution in [0.4, 0.5) is 0 Å². The molecule has 0 aromatic carbocycles. The van der Waals surface area contributed by atoms with Crippen molar-refractivity contribution >= 4 is 11.6 Å². The highest BCUT2D eigenvalue weighted by molar-refractivity contribution is 5.98. The maximum atomic E-state index is 11.3. The fraction of sp³-hybridized carbons (Fsp3) is 0. The molecule has 3 heterocycles. The molecule has 0 saturated heterocycles. The summed E-state index contributed by atoms with van der Waals surface area (Å²) >= 11 is 0. The number of carbonyl (C=O) groups excluding carboxylic acids is 1. The average Bonchev–Trinajstić information content (AvgIpc) is 2.83. The van der Waals surface area contributed by atoms with E-state index in [2.05, 4.69) is 9.97 Å². The third-order valence-electron chi connectivity index (χ3n) is 2.72. The number of nitrogens with zero attached hydrogens (tertiary/aromatic N) is 3. The maximum Gasteiger partial charge on any atom is 0.252 e. The van der Waals surface area contributed by atoms with E-state index >= 15 is 0 Å². The number of hydrogen-bond acceptors (Lipinski definition) is 3. The Kier molecular flexibility index (Phi) is 2.30. The first-order valence-corrected chi connectivity index (χ1v) is 5.43. The van der Waals surface area contributed by atoms with E-state index in [1.165, 1.54) is 0 Å². The highest BCUT2D eigenvalue weighted by Gasteiger charge is 2.10. The van der Waals surface area contributed by atoms with Crippen LogP contribution in [-0.4, -0.2) is 20.3 Å². The van der Waals surface area contributed by atoms with Gasteiger partial charge in [0.2, 0.25) is 0 Å². The van der Waals surface area contributed by atoms with Gasteiger partial charge in [-0.2, -0.15) is 0 Å². The number of amides is 1. The lowest BCUT2D eigenvalue weighted by molar-refractivity contribution is 0.100. The number of carbonyl (C=O) groups is 1. The van der Waals surface area contributed by atoms with E-state index in [0.29, 0.717) is 11.2 Å². The summed E-state index contributed by atoms with van der Waals surface area (Å²) in [5, 5.41) is 0. The molecule has 88 valence electrons. The van der Waals surface area contributed by atoms with Gasteiger partial charge in [0.05, 0.1) is 11.3 Å². The number of fused-ring (bicyclic) bond motifs is 1. The van der Waals surface area contributed by atoms with Gasteiger partial charge < -0.3 is 10.1 Å². The fourth-order valence-corrected chi connectivity index (χ4v) is 1.87. The molecule has 0 unspecified atom stereocenters. The molecule has 5 nitrogen and oxygen atoms in total. The molecule has 5 heteroatoms. The lowest BCUT2D eigenvalue weighted by Gasteiger charge is -1.97. The van der Waals surface area contributed by atoms with Crippen molar-refractivity contribution < 1.29 is 4.79 Å². The molecule has 0 fully saturated rings. The highest BCUT2D eigenvalue weighted by atomic mass is 16.1. The van der Waals surface area contributed by atoms with Crippen LogP contribution in [0, 0.1) is 0 Å². The van der Waals surface area contributed by atoms with Crippen LogP contribution in [-0.2, 0) is 0 Å². The number of pyridine rings is 2. The second-order valence-electron chi connectivity index (χ2n) is 3.88. The van der Waals surface area contributed by atoms with E-state index in [4.69, 9.17) is 5.73 Å². The van der Waals surface area contributed by atoms with E-state index in [9.17, 15) is 4.79 Å². The van der Waals surface area contributed by atoms with Crippen molar-refractivity contribution in [1.82, 2.24) is 14.4 Å². The third-order valence-corrected chi connectivity index (χ3v) is 2.72. The Balaban J connectivity index is 2.23. The molecule has 3 aromatic heterocycles. The fourth-order valence-electron chi connectivity index (χ4n) is 1.87. The Morgan fingerprint density at radius 2 is 2.00 bits per heavy atom. The van der Waals surface area contributed by atoms with Crippen LogP contribution in [0.2, 0.25) is 0 Å². The van der Waals surface area contributed by atoms with E-state index in [1.54, 1.807) is 28.9 Å². The van der Waals surface area contributed by atoms with Crippen LogP contribution >= 0.6 is 0 Å². The molecule has 1 amide bonds. The molecule has 3 rings (SSSR count). The molecule has 0 aliphatic heterocycles. The molecule has 0 bridgehead atoms. The number of imidazole rings is 1. The molecule has 18 heavy (non-hydrogen) atoms. The van der Waals surface area contributed by atoms with Gasteiger partial charge in [-0.15, -0.1) is 0 Å². The Hall–Kier alpha value is -2.69. The molecule has 0 aliphatic carbocycles. The van der Waals surface area contributed by atoms with Crippen molar-refractivity contribution in [2.75, 3.05) is 0 Å².